The van der Waals surface area contributed by atoms with Gasteiger partial charge in [0.25, 0.3) is 0 Å². The number of nitrogens with two attached hydrogens (primary N) is 1. The van der Waals surface area contributed by atoms with Gasteiger partial charge in [-0.05, 0) is 31.4 Å². The maximum absolute atomic E-state index is 12.2. The summed E-state index contributed by atoms with van der Waals surface area (Å²) < 4.78 is 5.65. The van der Waals surface area contributed by atoms with Crippen molar-refractivity contribution in [1.29, 1.82) is 0 Å². The molecule has 5 heteroatoms. The maximum Gasteiger partial charge on any atom is 0.224 e. The van der Waals surface area contributed by atoms with Gasteiger partial charge in [0.15, 0.2) is 0 Å². The first kappa shape index (κ1) is 19.5. The second-order valence-electron chi connectivity index (χ2n) is 5.96. The number of fused-ring (bicyclic) bond motifs is 1. The summed E-state index contributed by atoms with van der Waals surface area (Å²) in [6.07, 6.45) is 5.15. The molecular formula is C18H27ClN2O2. The van der Waals surface area contributed by atoms with E-state index in [1.807, 2.05) is 13.0 Å². The van der Waals surface area contributed by atoms with Crippen LogP contribution in [-0.2, 0) is 11.2 Å². The van der Waals surface area contributed by atoms with Crippen molar-refractivity contribution >= 4 is 29.3 Å². The molecule has 2 aromatic rings. The molecule has 0 aliphatic heterocycles. The number of carbonyl (C=O) groups is 1. The van der Waals surface area contributed by atoms with E-state index in [0.29, 0.717) is 13.0 Å². The zero-order chi connectivity index (χ0) is 16.1. The molecule has 1 aromatic carbocycles. The lowest BCUT2D eigenvalue weighted by molar-refractivity contribution is -0.121. The summed E-state index contributed by atoms with van der Waals surface area (Å²) in [6.45, 7) is 6.72. The van der Waals surface area contributed by atoms with Crippen molar-refractivity contribution in [2.24, 2.45) is 5.73 Å². The number of amides is 1. The molecular weight excluding hydrogens is 312 g/mol. The summed E-state index contributed by atoms with van der Waals surface area (Å²) in [6, 6.07) is 4.16. The van der Waals surface area contributed by atoms with Gasteiger partial charge in [0.05, 0.1) is 12.7 Å². The quantitative estimate of drug-likeness (QED) is 0.809. The second kappa shape index (κ2) is 8.94. The van der Waals surface area contributed by atoms with Crippen molar-refractivity contribution in [2.75, 3.05) is 6.54 Å². The minimum Gasteiger partial charge on any atom is -0.464 e. The van der Waals surface area contributed by atoms with Gasteiger partial charge in [-0.2, -0.15) is 0 Å². The number of unbranched alkanes of at least 4 members (excludes halogenated alkanes) is 1. The standard InChI is InChI=1S/C18H26N2O2.ClH/c1-4-5-6-15(10-19)20-17(21)9-14-11-22-18-13(3)12(2)7-8-16(14)18;/h7-8,11,15H,4-6,9-10,19H2,1-3H3,(H,20,21);1H. The van der Waals surface area contributed by atoms with Gasteiger partial charge in [-0.15, -0.1) is 12.4 Å². The highest BCUT2D eigenvalue weighted by Crippen LogP contribution is 2.26. The highest BCUT2D eigenvalue weighted by molar-refractivity contribution is 5.89. The Balaban J connectivity index is 0.00000264. The van der Waals surface area contributed by atoms with Crippen molar-refractivity contribution in [1.82, 2.24) is 5.32 Å². The Morgan fingerprint density at radius 2 is 2.09 bits per heavy atom. The number of nitrogens with one attached hydrogen (secondary N) is 1. The number of halogens is 1. The number of carbonyl (C=O) groups excluding carboxylic acids is 1. The predicted molar refractivity (Wildman–Crippen MR) is 97.2 cm³/mol. The Morgan fingerprint density at radius 3 is 2.74 bits per heavy atom. The Bertz CT molecular complexity index is 652. The highest BCUT2D eigenvalue weighted by atomic mass is 35.5. The molecule has 1 amide bonds. The molecule has 0 bridgehead atoms. The monoisotopic (exact) mass is 338 g/mol. The van der Waals surface area contributed by atoms with Crippen LogP contribution >= 0.6 is 12.4 Å². The van der Waals surface area contributed by atoms with Crippen molar-refractivity contribution in [3.05, 3.63) is 35.1 Å². The first-order chi connectivity index (χ1) is 10.6. The number of benzene rings is 1. The Kier molecular flexibility index (Phi) is 7.59. The van der Waals surface area contributed by atoms with Gasteiger partial charge in [0.1, 0.15) is 5.58 Å². The molecule has 0 fully saturated rings. The van der Waals surface area contributed by atoms with Gasteiger partial charge in [-0.1, -0.05) is 31.9 Å². The molecule has 2 rings (SSSR count). The lowest BCUT2D eigenvalue weighted by Crippen LogP contribution is -2.40. The summed E-state index contributed by atoms with van der Waals surface area (Å²) in [5.41, 5.74) is 9.87. The van der Waals surface area contributed by atoms with Gasteiger partial charge in [-0.25, -0.2) is 0 Å². The summed E-state index contributed by atoms with van der Waals surface area (Å²) in [4.78, 5) is 12.2. The largest absolute Gasteiger partial charge is 0.464 e. The third-order valence-corrected chi connectivity index (χ3v) is 4.25. The van der Waals surface area contributed by atoms with Gasteiger partial charge in [0, 0.05) is 23.5 Å². The molecule has 0 saturated carbocycles. The van der Waals surface area contributed by atoms with Crippen LogP contribution in [0.2, 0.25) is 0 Å². The van der Waals surface area contributed by atoms with E-state index in [-0.39, 0.29) is 24.4 Å². The van der Waals surface area contributed by atoms with Gasteiger partial charge in [-0.3, -0.25) is 4.79 Å². The van der Waals surface area contributed by atoms with E-state index in [9.17, 15) is 4.79 Å². The molecule has 0 radical (unpaired) electrons. The van der Waals surface area contributed by atoms with Gasteiger partial charge >= 0.3 is 0 Å². The van der Waals surface area contributed by atoms with Crippen LogP contribution in [0.1, 0.15) is 42.9 Å². The van der Waals surface area contributed by atoms with Gasteiger partial charge in [0.2, 0.25) is 5.91 Å². The fourth-order valence-electron chi connectivity index (χ4n) is 2.68. The molecule has 4 nitrogen and oxygen atoms in total. The summed E-state index contributed by atoms with van der Waals surface area (Å²) in [5, 5.41) is 4.05. The Morgan fingerprint density at radius 1 is 1.35 bits per heavy atom. The van der Waals surface area contributed by atoms with Crippen LogP contribution in [0.25, 0.3) is 11.0 Å². The van der Waals surface area contributed by atoms with E-state index in [4.69, 9.17) is 10.2 Å². The van der Waals surface area contributed by atoms with Crippen LogP contribution in [0.5, 0.6) is 0 Å². The molecule has 0 saturated heterocycles. The molecule has 0 spiro atoms. The van der Waals surface area contributed by atoms with Crippen LogP contribution < -0.4 is 11.1 Å². The molecule has 3 N–H and O–H groups in total. The molecule has 1 atom stereocenters. The first-order valence-electron chi connectivity index (χ1n) is 8.02. The average Bonchev–Trinajstić information content (AvgIpc) is 2.90. The minimum atomic E-state index is 0. The molecule has 0 aliphatic carbocycles. The van der Waals surface area contributed by atoms with Crippen molar-refractivity contribution < 1.29 is 9.21 Å². The fraction of sp³-hybridized carbons (Fsp3) is 0.500. The number of hydrogen-bond donors (Lipinski definition) is 2. The predicted octanol–water partition coefficient (Wildman–Crippen LogP) is 3.65. The van der Waals surface area contributed by atoms with E-state index >= 15 is 0 Å². The van der Waals surface area contributed by atoms with E-state index in [1.54, 1.807) is 6.26 Å². The van der Waals surface area contributed by atoms with Crippen LogP contribution in [0.4, 0.5) is 0 Å². The SMILES string of the molecule is CCCCC(CN)NC(=O)Cc1coc2c(C)c(C)ccc12.Cl. The zero-order valence-electron chi connectivity index (χ0n) is 14.1. The third-order valence-electron chi connectivity index (χ3n) is 4.25. The van der Waals surface area contributed by atoms with E-state index < -0.39 is 0 Å². The maximum atomic E-state index is 12.2. The molecule has 0 aliphatic rings. The second-order valence-corrected chi connectivity index (χ2v) is 5.96. The fourth-order valence-corrected chi connectivity index (χ4v) is 2.68. The number of hydrogen-bond acceptors (Lipinski definition) is 3. The lowest BCUT2D eigenvalue weighted by atomic mass is 10.0. The Labute approximate surface area is 144 Å². The summed E-state index contributed by atoms with van der Waals surface area (Å²) in [5.74, 6) is 0.00693. The smallest absolute Gasteiger partial charge is 0.224 e. The average molecular weight is 339 g/mol. The van der Waals surface area contributed by atoms with Crippen molar-refractivity contribution in [3.8, 4) is 0 Å². The number of furan rings is 1. The first-order valence-corrected chi connectivity index (χ1v) is 8.02. The lowest BCUT2D eigenvalue weighted by Gasteiger charge is -2.16. The normalized spacial score (nSPS) is 12.0. The zero-order valence-corrected chi connectivity index (χ0v) is 15.0. The van der Waals surface area contributed by atoms with Crippen LogP contribution in [0, 0.1) is 13.8 Å². The van der Waals surface area contributed by atoms with E-state index in [0.717, 1.165) is 41.4 Å². The molecule has 128 valence electrons. The highest BCUT2D eigenvalue weighted by Gasteiger charge is 2.15. The van der Waals surface area contributed by atoms with Crippen molar-refractivity contribution in [2.45, 2.75) is 52.5 Å². The van der Waals surface area contributed by atoms with Crippen molar-refractivity contribution in [3.63, 3.8) is 0 Å². The third kappa shape index (κ3) is 4.72. The van der Waals surface area contributed by atoms with E-state index in [1.165, 1.54) is 5.56 Å². The van der Waals surface area contributed by atoms with Crippen LogP contribution in [0.3, 0.4) is 0 Å². The topological polar surface area (TPSA) is 68.3 Å². The summed E-state index contributed by atoms with van der Waals surface area (Å²) >= 11 is 0. The van der Waals surface area contributed by atoms with Gasteiger partial charge < -0.3 is 15.5 Å². The number of rotatable bonds is 7. The van der Waals surface area contributed by atoms with Crippen LogP contribution in [0.15, 0.2) is 22.8 Å². The van der Waals surface area contributed by atoms with E-state index in [2.05, 4.69) is 25.2 Å². The Hall–Kier alpha value is -1.52. The molecule has 1 heterocycles. The van der Waals surface area contributed by atoms with Crippen LogP contribution in [-0.4, -0.2) is 18.5 Å². The number of aryl methyl sites for hydroxylation is 2. The minimum absolute atomic E-state index is 0. The molecule has 1 aromatic heterocycles. The summed E-state index contributed by atoms with van der Waals surface area (Å²) in [7, 11) is 0. The molecule has 1 unspecified atom stereocenters. The molecule has 23 heavy (non-hydrogen) atoms.